The summed E-state index contributed by atoms with van der Waals surface area (Å²) in [4.78, 5) is 1.65. The molecule has 0 bridgehead atoms. The highest BCUT2D eigenvalue weighted by Crippen LogP contribution is 2.40. The molecule has 4 atom stereocenters. The Labute approximate surface area is 81.4 Å². The van der Waals surface area contributed by atoms with Crippen LogP contribution in [0.4, 0.5) is 0 Å². The van der Waals surface area contributed by atoms with Gasteiger partial charge in [0, 0.05) is 24.9 Å². The maximum absolute atomic E-state index is 5.98. The summed E-state index contributed by atoms with van der Waals surface area (Å²) in [5, 5.41) is 6.99. The van der Waals surface area contributed by atoms with Gasteiger partial charge in [-0.2, -0.15) is 0 Å². The van der Waals surface area contributed by atoms with E-state index in [4.69, 9.17) is 4.18 Å². The second-order valence-corrected chi connectivity index (χ2v) is 5.72. The lowest BCUT2D eigenvalue weighted by molar-refractivity contribution is 0.250. The maximum Gasteiger partial charge on any atom is 0.0756 e. The SMILES string of the molecule is CCC1CC2=S(CC3NCNC23)O1. The van der Waals surface area contributed by atoms with Crippen LogP contribution in [-0.2, 0) is 4.18 Å². The van der Waals surface area contributed by atoms with Gasteiger partial charge in [-0.25, -0.2) is 0 Å². The van der Waals surface area contributed by atoms with Crippen LogP contribution in [0.3, 0.4) is 0 Å². The molecule has 0 spiro atoms. The van der Waals surface area contributed by atoms with E-state index < -0.39 is 0 Å². The molecule has 13 heavy (non-hydrogen) atoms. The average molecular weight is 200 g/mol. The van der Waals surface area contributed by atoms with Crippen molar-refractivity contribution in [2.24, 2.45) is 0 Å². The number of hydrogen-bond donors (Lipinski definition) is 2. The summed E-state index contributed by atoms with van der Waals surface area (Å²) >= 11 is 0. The molecule has 3 heterocycles. The van der Waals surface area contributed by atoms with Crippen molar-refractivity contribution in [3.63, 3.8) is 0 Å². The van der Waals surface area contributed by atoms with Crippen molar-refractivity contribution >= 4 is 15.6 Å². The van der Waals surface area contributed by atoms with E-state index in [1.54, 1.807) is 4.86 Å². The summed E-state index contributed by atoms with van der Waals surface area (Å²) in [7, 11) is 0.185. The van der Waals surface area contributed by atoms with Gasteiger partial charge < -0.3 is 4.18 Å². The first-order chi connectivity index (χ1) is 6.38. The second kappa shape index (κ2) is 3.05. The fourth-order valence-electron chi connectivity index (χ4n) is 2.42. The first-order valence-corrected chi connectivity index (χ1v) is 6.41. The summed E-state index contributed by atoms with van der Waals surface area (Å²) in [6.07, 6.45) is 2.88. The average Bonchev–Trinajstić information content (AvgIpc) is 2.72. The lowest BCUT2D eigenvalue weighted by atomic mass is 10.0. The Morgan fingerprint density at radius 2 is 2.46 bits per heavy atom. The minimum Gasteiger partial charge on any atom is -0.319 e. The molecule has 4 unspecified atom stereocenters. The van der Waals surface area contributed by atoms with E-state index in [0.29, 0.717) is 18.2 Å². The summed E-state index contributed by atoms with van der Waals surface area (Å²) in [5.74, 6) is 1.21. The summed E-state index contributed by atoms with van der Waals surface area (Å²) in [5.41, 5.74) is 0. The Kier molecular flexibility index (Phi) is 1.98. The van der Waals surface area contributed by atoms with Gasteiger partial charge in [-0.1, -0.05) is 17.7 Å². The molecule has 3 nitrogen and oxygen atoms in total. The molecular formula is C9H16N2OS. The molecule has 0 saturated carbocycles. The normalized spacial score (nSPS) is 48.2. The van der Waals surface area contributed by atoms with Gasteiger partial charge >= 0.3 is 0 Å². The molecule has 0 amide bonds. The van der Waals surface area contributed by atoms with E-state index in [-0.39, 0.29) is 10.8 Å². The second-order valence-electron chi connectivity index (χ2n) is 3.98. The number of nitrogens with one attached hydrogen (secondary N) is 2. The minimum atomic E-state index is 0.185. The van der Waals surface area contributed by atoms with Crippen molar-refractivity contribution in [2.75, 3.05) is 12.4 Å². The quantitative estimate of drug-likeness (QED) is 0.603. The monoisotopic (exact) mass is 200 g/mol. The van der Waals surface area contributed by atoms with Crippen LogP contribution in [0.1, 0.15) is 19.8 Å². The highest BCUT2D eigenvalue weighted by Gasteiger charge is 2.42. The van der Waals surface area contributed by atoms with Crippen LogP contribution < -0.4 is 10.6 Å². The molecule has 3 aliphatic rings. The molecule has 0 aliphatic carbocycles. The number of hydrogen-bond acceptors (Lipinski definition) is 3. The Hall–Kier alpha value is 0.1000. The third kappa shape index (κ3) is 1.20. The van der Waals surface area contributed by atoms with Crippen LogP contribution in [0.2, 0.25) is 0 Å². The molecule has 3 rings (SSSR count). The highest BCUT2D eigenvalue weighted by atomic mass is 32.2. The predicted molar refractivity (Wildman–Crippen MR) is 56.0 cm³/mol. The van der Waals surface area contributed by atoms with E-state index in [1.807, 2.05) is 0 Å². The molecule has 0 radical (unpaired) electrons. The largest absolute Gasteiger partial charge is 0.319 e. The lowest BCUT2D eigenvalue weighted by Crippen LogP contribution is -2.37. The van der Waals surface area contributed by atoms with Gasteiger partial charge in [-0.05, 0) is 11.3 Å². The van der Waals surface area contributed by atoms with E-state index in [9.17, 15) is 0 Å². The standard InChI is InChI=1S/C9H16N2OS/c1-2-6-3-8-9-7(10-5-11-9)4-13(8)12-6/h6-7,9-11H,2-5H2,1H3. The molecule has 3 aliphatic heterocycles. The van der Waals surface area contributed by atoms with Crippen LogP contribution in [-0.4, -0.2) is 35.5 Å². The van der Waals surface area contributed by atoms with Crippen molar-refractivity contribution in [3.8, 4) is 0 Å². The molecule has 1 fully saturated rings. The van der Waals surface area contributed by atoms with Crippen molar-refractivity contribution in [2.45, 2.75) is 38.0 Å². The van der Waals surface area contributed by atoms with Crippen LogP contribution in [0.15, 0.2) is 0 Å². The Bertz CT molecular complexity index is 266. The zero-order valence-corrected chi connectivity index (χ0v) is 8.69. The Morgan fingerprint density at radius 1 is 1.54 bits per heavy atom. The van der Waals surface area contributed by atoms with Crippen molar-refractivity contribution in [1.29, 1.82) is 0 Å². The molecule has 0 aromatic rings. The fraction of sp³-hybridized carbons (Fsp3) is 0.889. The third-order valence-electron chi connectivity index (χ3n) is 3.20. The molecule has 74 valence electrons. The molecule has 0 aromatic heterocycles. The molecule has 0 aromatic carbocycles. The van der Waals surface area contributed by atoms with Gasteiger partial charge in [0.1, 0.15) is 0 Å². The molecule has 2 N–H and O–H groups in total. The number of rotatable bonds is 1. The van der Waals surface area contributed by atoms with Gasteiger partial charge in [0.25, 0.3) is 0 Å². The molecule has 4 heteroatoms. The molecule has 1 saturated heterocycles. The first kappa shape index (κ1) is 8.41. The van der Waals surface area contributed by atoms with Crippen LogP contribution in [0.25, 0.3) is 0 Å². The van der Waals surface area contributed by atoms with Crippen LogP contribution >= 0.6 is 10.8 Å². The first-order valence-electron chi connectivity index (χ1n) is 5.09. The van der Waals surface area contributed by atoms with Gasteiger partial charge in [-0.3, -0.25) is 10.6 Å². The minimum absolute atomic E-state index is 0.185. The van der Waals surface area contributed by atoms with E-state index in [2.05, 4.69) is 17.6 Å². The third-order valence-corrected chi connectivity index (χ3v) is 5.37. The van der Waals surface area contributed by atoms with Gasteiger partial charge in [-0.15, -0.1) is 0 Å². The Morgan fingerprint density at radius 3 is 3.31 bits per heavy atom. The van der Waals surface area contributed by atoms with Gasteiger partial charge in [0.15, 0.2) is 0 Å². The lowest BCUT2D eigenvalue weighted by Gasteiger charge is -2.15. The van der Waals surface area contributed by atoms with Crippen molar-refractivity contribution in [3.05, 3.63) is 0 Å². The number of fused-ring (bicyclic) bond motifs is 2. The zero-order chi connectivity index (χ0) is 8.84. The van der Waals surface area contributed by atoms with Gasteiger partial charge in [0.2, 0.25) is 0 Å². The van der Waals surface area contributed by atoms with Crippen LogP contribution in [0.5, 0.6) is 0 Å². The summed E-state index contributed by atoms with van der Waals surface area (Å²) in [6, 6.07) is 1.29. The fourth-order valence-corrected chi connectivity index (χ4v) is 4.91. The maximum atomic E-state index is 5.98. The summed E-state index contributed by atoms with van der Waals surface area (Å²) in [6.45, 7) is 3.20. The predicted octanol–water partition coefficient (Wildman–Crippen LogP) is 0.443. The van der Waals surface area contributed by atoms with Gasteiger partial charge in [0.05, 0.1) is 12.1 Å². The van der Waals surface area contributed by atoms with E-state index >= 15 is 0 Å². The van der Waals surface area contributed by atoms with Crippen molar-refractivity contribution < 1.29 is 4.18 Å². The highest BCUT2D eigenvalue weighted by molar-refractivity contribution is 8.12. The van der Waals surface area contributed by atoms with E-state index in [0.717, 1.165) is 13.1 Å². The van der Waals surface area contributed by atoms with Crippen LogP contribution in [0, 0.1) is 0 Å². The zero-order valence-electron chi connectivity index (χ0n) is 7.88. The van der Waals surface area contributed by atoms with E-state index in [1.165, 1.54) is 12.2 Å². The Balaban J connectivity index is 1.79. The van der Waals surface area contributed by atoms with Crippen molar-refractivity contribution in [1.82, 2.24) is 10.6 Å². The summed E-state index contributed by atoms with van der Waals surface area (Å²) < 4.78 is 5.98. The topological polar surface area (TPSA) is 33.3 Å². The molecular weight excluding hydrogens is 184 g/mol. The smallest absolute Gasteiger partial charge is 0.0756 e.